The van der Waals surface area contributed by atoms with E-state index in [1.807, 2.05) is 19.1 Å². The first-order valence-electron chi connectivity index (χ1n) is 8.35. The van der Waals surface area contributed by atoms with Crippen LogP contribution in [-0.2, 0) is 21.4 Å². The number of pyridine rings is 1. The zero-order valence-electron chi connectivity index (χ0n) is 15.1. The molecule has 1 aromatic heterocycles. The van der Waals surface area contributed by atoms with E-state index in [9.17, 15) is 18.0 Å². The number of nitrogens with zero attached hydrogens (tertiary/aromatic N) is 2. The van der Waals surface area contributed by atoms with Crippen LogP contribution in [0.1, 0.15) is 19.4 Å². The fraction of sp³-hybridized carbons (Fsp3) is 0.333. The highest BCUT2D eigenvalue weighted by atomic mass is 32.2. The van der Waals surface area contributed by atoms with Gasteiger partial charge in [-0.05, 0) is 24.6 Å². The van der Waals surface area contributed by atoms with Crippen molar-refractivity contribution >= 4 is 21.6 Å². The van der Waals surface area contributed by atoms with Crippen molar-refractivity contribution in [3.63, 3.8) is 0 Å². The molecule has 0 atom stereocenters. The minimum atomic E-state index is -3.70. The normalized spacial score (nSPS) is 11.5. The van der Waals surface area contributed by atoms with Crippen LogP contribution < -0.4 is 10.9 Å². The van der Waals surface area contributed by atoms with Gasteiger partial charge in [0.2, 0.25) is 15.9 Å². The summed E-state index contributed by atoms with van der Waals surface area (Å²) in [5.41, 5.74) is 1.10. The second-order valence-electron chi connectivity index (χ2n) is 5.78. The number of aryl methyl sites for hydroxylation is 1. The molecule has 0 aliphatic heterocycles. The van der Waals surface area contributed by atoms with Gasteiger partial charge in [0.05, 0.1) is 4.90 Å². The quantitative estimate of drug-likeness (QED) is 0.797. The van der Waals surface area contributed by atoms with Crippen molar-refractivity contribution in [1.82, 2.24) is 8.87 Å². The second-order valence-corrected chi connectivity index (χ2v) is 7.72. The van der Waals surface area contributed by atoms with E-state index in [4.69, 9.17) is 0 Å². The Bertz CT molecular complexity index is 947. The first-order valence-corrected chi connectivity index (χ1v) is 9.79. The molecule has 0 radical (unpaired) electrons. The van der Waals surface area contributed by atoms with Crippen LogP contribution in [-0.4, -0.2) is 36.3 Å². The van der Waals surface area contributed by atoms with E-state index in [2.05, 4.69) is 5.32 Å². The number of hydrogen-bond acceptors (Lipinski definition) is 4. The number of amides is 1. The van der Waals surface area contributed by atoms with Crippen LogP contribution in [0, 0.1) is 6.92 Å². The Balaban J connectivity index is 2.26. The molecule has 0 saturated carbocycles. The summed E-state index contributed by atoms with van der Waals surface area (Å²) in [5, 5.41) is 2.73. The molecule has 7 nitrogen and oxygen atoms in total. The summed E-state index contributed by atoms with van der Waals surface area (Å²) in [5.74, 6) is -0.404. The summed E-state index contributed by atoms with van der Waals surface area (Å²) in [7, 11) is -3.70. The Hall–Kier alpha value is -2.45. The lowest BCUT2D eigenvalue weighted by Gasteiger charge is -2.19. The predicted octanol–water partition coefficient (Wildman–Crippen LogP) is 1.83. The molecule has 1 aromatic carbocycles. The molecule has 26 heavy (non-hydrogen) atoms. The average molecular weight is 377 g/mol. The molecule has 0 bridgehead atoms. The van der Waals surface area contributed by atoms with Gasteiger partial charge in [-0.1, -0.05) is 32.0 Å². The Morgan fingerprint density at radius 2 is 1.77 bits per heavy atom. The molecular weight excluding hydrogens is 354 g/mol. The zero-order chi connectivity index (χ0) is 19.3. The molecule has 1 N–H and O–H groups in total. The Kier molecular flexibility index (Phi) is 6.33. The summed E-state index contributed by atoms with van der Waals surface area (Å²) >= 11 is 0. The van der Waals surface area contributed by atoms with E-state index in [0.717, 1.165) is 16.2 Å². The molecule has 0 aliphatic rings. The number of aromatic nitrogens is 1. The van der Waals surface area contributed by atoms with E-state index >= 15 is 0 Å². The molecule has 2 aromatic rings. The highest BCUT2D eigenvalue weighted by molar-refractivity contribution is 7.89. The molecule has 2 rings (SSSR count). The number of nitrogens with one attached hydrogen (secondary N) is 1. The number of benzene rings is 1. The Morgan fingerprint density at radius 3 is 2.38 bits per heavy atom. The van der Waals surface area contributed by atoms with Gasteiger partial charge >= 0.3 is 0 Å². The molecule has 0 spiro atoms. The van der Waals surface area contributed by atoms with Crippen molar-refractivity contribution in [2.24, 2.45) is 0 Å². The lowest BCUT2D eigenvalue weighted by molar-refractivity contribution is -0.116. The summed E-state index contributed by atoms with van der Waals surface area (Å²) < 4.78 is 27.6. The smallest absolute Gasteiger partial charge is 0.251 e. The SMILES string of the molecule is CCN(CC)S(=O)(=O)c1ccc(=O)n(CC(=O)Nc2ccccc2C)c1. The maximum atomic E-state index is 12.6. The summed E-state index contributed by atoms with van der Waals surface area (Å²) in [6.45, 7) is 5.73. The second kappa shape index (κ2) is 8.29. The van der Waals surface area contributed by atoms with Gasteiger partial charge in [0.25, 0.3) is 5.56 Å². The molecule has 0 unspecified atom stereocenters. The molecular formula is C18H23N3O4S. The van der Waals surface area contributed by atoms with Gasteiger partial charge in [0.1, 0.15) is 6.54 Å². The van der Waals surface area contributed by atoms with Gasteiger partial charge in [-0.3, -0.25) is 9.59 Å². The summed E-state index contributed by atoms with van der Waals surface area (Å²) in [6.07, 6.45) is 1.22. The number of hydrogen-bond donors (Lipinski definition) is 1. The number of carbonyl (C=O) groups is 1. The maximum absolute atomic E-state index is 12.6. The topological polar surface area (TPSA) is 88.5 Å². The molecule has 140 valence electrons. The van der Waals surface area contributed by atoms with Gasteiger partial charge in [-0.15, -0.1) is 0 Å². The zero-order valence-corrected chi connectivity index (χ0v) is 15.9. The molecule has 0 saturated heterocycles. The standard InChI is InChI=1S/C18H23N3O4S/c1-4-21(5-2)26(24,25)15-10-11-18(23)20(12-15)13-17(22)19-16-9-7-6-8-14(16)3/h6-12H,4-5,13H2,1-3H3,(H,19,22). The number of rotatable bonds is 7. The third-order valence-electron chi connectivity index (χ3n) is 4.03. The van der Waals surface area contributed by atoms with Crippen LogP contribution in [0.2, 0.25) is 0 Å². The van der Waals surface area contributed by atoms with E-state index in [1.165, 1.54) is 16.6 Å². The molecule has 8 heteroatoms. The molecule has 0 aliphatic carbocycles. The van der Waals surface area contributed by atoms with Crippen LogP contribution >= 0.6 is 0 Å². The number of para-hydroxylation sites is 1. The molecule has 1 heterocycles. The van der Waals surface area contributed by atoms with Crippen LogP contribution in [0.15, 0.2) is 52.3 Å². The van der Waals surface area contributed by atoms with Crippen molar-refractivity contribution in [3.05, 3.63) is 58.5 Å². The van der Waals surface area contributed by atoms with Gasteiger partial charge in [-0.25, -0.2) is 8.42 Å². The predicted molar refractivity (Wildman–Crippen MR) is 101 cm³/mol. The van der Waals surface area contributed by atoms with Crippen molar-refractivity contribution in [3.8, 4) is 0 Å². The maximum Gasteiger partial charge on any atom is 0.251 e. The van der Waals surface area contributed by atoms with Crippen LogP contribution in [0.3, 0.4) is 0 Å². The Morgan fingerprint density at radius 1 is 1.12 bits per heavy atom. The third kappa shape index (κ3) is 4.39. The van der Waals surface area contributed by atoms with Crippen LogP contribution in [0.5, 0.6) is 0 Å². The third-order valence-corrected chi connectivity index (χ3v) is 6.07. The number of carbonyl (C=O) groups excluding carboxylic acids is 1. The number of sulfonamides is 1. The molecule has 1 amide bonds. The van der Waals surface area contributed by atoms with Gasteiger partial charge in [-0.2, -0.15) is 4.31 Å². The molecule has 0 fully saturated rings. The minimum absolute atomic E-state index is 0.00973. The fourth-order valence-electron chi connectivity index (χ4n) is 2.56. The van der Waals surface area contributed by atoms with Gasteiger partial charge < -0.3 is 9.88 Å². The largest absolute Gasteiger partial charge is 0.324 e. The van der Waals surface area contributed by atoms with E-state index in [-0.39, 0.29) is 11.4 Å². The van der Waals surface area contributed by atoms with E-state index in [1.54, 1.807) is 26.0 Å². The van der Waals surface area contributed by atoms with Crippen molar-refractivity contribution in [1.29, 1.82) is 0 Å². The minimum Gasteiger partial charge on any atom is -0.324 e. The van der Waals surface area contributed by atoms with Crippen LogP contribution in [0.25, 0.3) is 0 Å². The highest BCUT2D eigenvalue weighted by Crippen LogP contribution is 2.15. The first-order chi connectivity index (χ1) is 12.3. The van der Waals surface area contributed by atoms with Crippen LogP contribution in [0.4, 0.5) is 5.69 Å². The fourth-order valence-corrected chi connectivity index (χ4v) is 4.03. The van der Waals surface area contributed by atoms with E-state index in [0.29, 0.717) is 18.8 Å². The number of anilines is 1. The van der Waals surface area contributed by atoms with Gasteiger partial charge in [0.15, 0.2) is 0 Å². The highest BCUT2D eigenvalue weighted by Gasteiger charge is 2.22. The Labute approximate surface area is 153 Å². The van der Waals surface area contributed by atoms with Crippen molar-refractivity contribution in [2.75, 3.05) is 18.4 Å². The summed E-state index contributed by atoms with van der Waals surface area (Å²) in [6, 6.07) is 9.71. The van der Waals surface area contributed by atoms with Gasteiger partial charge in [0, 0.05) is 31.0 Å². The average Bonchev–Trinajstić information content (AvgIpc) is 2.59. The lowest BCUT2D eigenvalue weighted by atomic mass is 10.2. The van der Waals surface area contributed by atoms with Crippen molar-refractivity contribution < 1.29 is 13.2 Å². The van der Waals surface area contributed by atoms with Crippen molar-refractivity contribution in [2.45, 2.75) is 32.2 Å². The monoisotopic (exact) mass is 377 g/mol. The first kappa shape index (κ1) is 19.9. The van der Waals surface area contributed by atoms with E-state index < -0.39 is 21.5 Å². The lowest BCUT2D eigenvalue weighted by Crippen LogP contribution is -2.33. The summed E-state index contributed by atoms with van der Waals surface area (Å²) in [4.78, 5) is 24.3.